The first-order chi connectivity index (χ1) is 13.0. The Morgan fingerprint density at radius 2 is 1.74 bits per heavy atom. The van der Waals surface area contributed by atoms with Crippen LogP contribution >= 0.6 is 12.2 Å². The van der Waals surface area contributed by atoms with Gasteiger partial charge in [0, 0.05) is 37.9 Å². The summed E-state index contributed by atoms with van der Waals surface area (Å²) in [7, 11) is 3.29. The zero-order valence-corrected chi connectivity index (χ0v) is 17.2. The fraction of sp³-hybridized carbons (Fsp3) is 0.381. The van der Waals surface area contributed by atoms with Crippen molar-refractivity contribution < 1.29 is 9.47 Å². The number of rotatable bonds is 4. The van der Waals surface area contributed by atoms with Crippen LogP contribution in [-0.4, -0.2) is 50.4 Å². The molecule has 0 radical (unpaired) electrons. The minimum absolute atomic E-state index is 0.714. The molecule has 2 aromatic carbocycles. The molecule has 1 aliphatic rings. The number of ether oxygens (including phenoxy) is 2. The maximum absolute atomic E-state index is 5.64. The van der Waals surface area contributed by atoms with Crippen molar-refractivity contribution in [1.29, 1.82) is 0 Å². The van der Waals surface area contributed by atoms with Crippen molar-refractivity contribution in [3.8, 4) is 11.5 Å². The molecule has 0 amide bonds. The molecule has 1 N–H and O–H groups in total. The van der Waals surface area contributed by atoms with Gasteiger partial charge in [0.2, 0.25) is 0 Å². The van der Waals surface area contributed by atoms with Crippen LogP contribution in [-0.2, 0) is 0 Å². The maximum Gasteiger partial charge on any atom is 0.173 e. The number of nitrogens with zero attached hydrogens (tertiary/aromatic N) is 2. The van der Waals surface area contributed by atoms with E-state index in [4.69, 9.17) is 21.7 Å². The molecule has 27 heavy (non-hydrogen) atoms. The number of hydrogen-bond donors (Lipinski definition) is 1. The highest BCUT2D eigenvalue weighted by Gasteiger charge is 2.21. The fourth-order valence-electron chi connectivity index (χ4n) is 3.32. The van der Waals surface area contributed by atoms with Crippen molar-refractivity contribution in [3.63, 3.8) is 0 Å². The molecule has 0 aromatic heterocycles. The van der Waals surface area contributed by atoms with Crippen molar-refractivity contribution in [3.05, 3.63) is 47.5 Å². The number of piperazine rings is 1. The maximum atomic E-state index is 5.64. The smallest absolute Gasteiger partial charge is 0.173 e. The van der Waals surface area contributed by atoms with Gasteiger partial charge in [0.25, 0.3) is 0 Å². The summed E-state index contributed by atoms with van der Waals surface area (Å²) in [5.41, 5.74) is 4.86. The summed E-state index contributed by atoms with van der Waals surface area (Å²) in [6, 6.07) is 12.2. The monoisotopic (exact) mass is 385 g/mol. The van der Waals surface area contributed by atoms with Gasteiger partial charge >= 0.3 is 0 Å². The average Bonchev–Trinajstić information content (AvgIpc) is 2.70. The van der Waals surface area contributed by atoms with Gasteiger partial charge in [-0.15, -0.1) is 0 Å². The number of methoxy groups -OCH3 is 2. The molecule has 6 heteroatoms. The van der Waals surface area contributed by atoms with Crippen molar-refractivity contribution >= 4 is 28.7 Å². The Hall–Kier alpha value is -2.47. The summed E-state index contributed by atoms with van der Waals surface area (Å²) in [5, 5.41) is 4.04. The first kappa shape index (κ1) is 19.3. The SMILES string of the molecule is COc1ccc(NC(=S)N2CCN(c3cccc(C)c3C)CC2)c(OC)c1. The third-order valence-corrected chi connectivity index (χ3v) is 5.49. The van der Waals surface area contributed by atoms with Gasteiger partial charge in [0.05, 0.1) is 19.9 Å². The number of benzene rings is 2. The summed E-state index contributed by atoms with van der Waals surface area (Å²) in [6.07, 6.45) is 0. The third kappa shape index (κ3) is 4.27. The molecule has 0 saturated carbocycles. The number of anilines is 2. The first-order valence-electron chi connectivity index (χ1n) is 9.12. The second-order valence-electron chi connectivity index (χ2n) is 6.69. The van der Waals surface area contributed by atoms with Crippen LogP contribution in [0.25, 0.3) is 0 Å². The highest BCUT2D eigenvalue weighted by atomic mass is 32.1. The van der Waals surface area contributed by atoms with Gasteiger partial charge in [-0.3, -0.25) is 0 Å². The molecule has 1 heterocycles. The van der Waals surface area contributed by atoms with E-state index in [1.165, 1.54) is 16.8 Å². The molecule has 0 spiro atoms. The van der Waals surface area contributed by atoms with Gasteiger partial charge < -0.3 is 24.6 Å². The Labute approximate surface area is 166 Å². The van der Waals surface area contributed by atoms with Crippen molar-refractivity contribution in [2.75, 3.05) is 50.6 Å². The highest BCUT2D eigenvalue weighted by molar-refractivity contribution is 7.80. The zero-order chi connectivity index (χ0) is 19.4. The van der Waals surface area contributed by atoms with Crippen LogP contribution in [0.3, 0.4) is 0 Å². The third-order valence-electron chi connectivity index (χ3n) is 5.13. The van der Waals surface area contributed by atoms with Crippen LogP contribution in [0.4, 0.5) is 11.4 Å². The molecule has 1 saturated heterocycles. The second kappa shape index (κ2) is 8.48. The van der Waals surface area contributed by atoms with Gasteiger partial charge in [-0.05, 0) is 55.4 Å². The van der Waals surface area contributed by atoms with Gasteiger partial charge in [-0.25, -0.2) is 0 Å². The lowest BCUT2D eigenvalue weighted by Crippen LogP contribution is -2.50. The lowest BCUT2D eigenvalue weighted by atomic mass is 10.1. The van der Waals surface area contributed by atoms with Gasteiger partial charge in [-0.1, -0.05) is 12.1 Å². The van der Waals surface area contributed by atoms with E-state index in [1.54, 1.807) is 14.2 Å². The summed E-state index contributed by atoms with van der Waals surface area (Å²) < 4.78 is 10.7. The van der Waals surface area contributed by atoms with Gasteiger partial charge in [0.15, 0.2) is 5.11 Å². The standard InChI is InChI=1S/C21H27N3O2S/c1-15-6-5-7-19(16(15)2)23-10-12-24(13-11-23)21(27)22-18-9-8-17(25-3)14-20(18)26-4/h5-9,14H,10-13H2,1-4H3,(H,22,27). The topological polar surface area (TPSA) is 37.0 Å². The van der Waals surface area contributed by atoms with Crippen molar-refractivity contribution in [2.45, 2.75) is 13.8 Å². The Kier molecular flexibility index (Phi) is 6.06. The predicted octanol–water partition coefficient (Wildman–Crippen LogP) is 3.84. The summed E-state index contributed by atoms with van der Waals surface area (Å²) >= 11 is 5.64. The number of hydrogen-bond acceptors (Lipinski definition) is 4. The predicted molar refractivity (Wildman–Crippen MR) is 115 cm³/mol. The van der Waals surface area contributed by atoms with Crippen LogP contribution in [0.1, 0.15) is 11.1 Å². The zero-order valence-electron chi connectivity index (χ0n) is 16.4. The number of thiocarbonyl (C=S) groups is 1. The van der Waals surface area contributed by atoms with Crippen molar-refractivity contribution in [2.24, 2.45) is 0 Å². The molecular weight excluding hydrogens is 358 g/mol. The van der Waals surface area contributed by atoms with E-state index in [-0.39, 0.29) is 0 Å². The summed E-state index contributed by atoms with van der Waals surface area (Å²) in [4.78, 5) is 4.65. The Balaban J connectivity index is 1.63. The lowest BCUT2D eigenvalue weighted by Gasteiger charge is -2.38. The molecule has 5 nitrogen and oxygen atoms in total. The molecule has 1 fully saturated rings. The first-order valence-corrected chi connectivity index (χ1v) is 9.53. The van der Waals surface area contributed by atoms with Crippen LogP contribution in [0.5, 0.6) is 11.5 Å². The van der Waals surface area contributed by atoms with E-state index in [1.807, 2.05) is 18.2 Å². The minimum atomic E-state index is 0.714. The molecule has 0 atom stereocenters. The Morgan fingerprint density at radius 3 is 2.41 bits per heavy atom. The minimum Gasteiger partial charge on any atom is -0.497 e. The van der Waals surface area contributed by atoms with E-state index >= 15 is 0 Å². The Morgan fingerprint density at radius 1 is 1.00 bits per heavy atom. The van der Waals surface area contributed by atoms with E-state index in [2.05, 4.69) is 47.2 Å². The normalized spacial score (nSPS) is 14.1. The van der Waals surface area contributed by atoms with E-state index in [9.17, 15) is 0 Å². The van der Waals surface area contributed by atoms with Crippen LogP contribution in [0.15, 0.2) is 36.4 Å². The molecule has 0 unspecified atom stereocenters. The molecule has 2 aromatic rings. The summed E-state index contributed by atoms with van der Waals surface area (Å²) in [5.74, 6) is 1.47. The molecule has 0 bridgehead atoms. The number of aryl methyl sites for hydroxylation is 1. The summed E-state index contributed by atoms with van der Waals surface area (Å²) in [6.45, 7) is 8.03. The van der Waals surface area contributed by atoms with E-state index in [0.29, 0.717) is 5.75 Å². The second-order valence-corrected chi connectivity index (χ2v) is 7.08. The highest BCUT2D eigenvalue weighted by Crippen LogP contribution is 2.29. The van der Waals surface area contributed by atoms with Crippen LogP contribution in [0.2, 0.25) is 0 Å². The van der Waals surface area contributed by atoms with Gasteiger partial charge in [0.1, 0.15) is 11.5 Å². The van der Waals surface area contributed by atoms with Crippen molar-refractivity contribution in [1.82, 2.24) is 4.90 Å². The molecule has 0 aliphatic carbocycles. The van der Waals surface area contributed by atoms with E-state index in [0.717, 1.165) is 42.7 Å². The van der Waals surface area contributed by atoms with Crippen LogP contribution < -0.4 is 19.7 Å². The molecule has 3 rings (SSSR count). The lowest BCUT2D eigenvalue weighted by molar-refractivity contribution is 0.388. The average molecular weight is 386 g/mol. The van der Waals surface area contributed by atoms with Crippen LogP contribution in [0, 0.1) is 13.8 Å². The number of nitrogens with one attached hydrogen (secondary N) is 1. The molecular formula is C21H27N3O2S. The fourth-order valence-corrected chi connectivity index (χ4v) is 3.62. The largest absolute Gasteiger partial charge is 0.497 e. The molecule has 1 aliphatic heterocycles. The van der Waals surface area contributed by atoms with Gasteiger partial charge in [-0.2, -0.15) is 0 Å². The quantitative estimate of drug-likeness (QED) is 0.806. The Bertz CT molecular complexity index is 817. The van der Waals surface area contributed by atoms with E-state index < -0.39 is 0 Å². The molecule has 144 valence electrons.